The highest BCUT2D eigenvalue weighted by Crippen LogP contribution is 2.18. The van der Waals surface area contributed by atoms with Gasteiger partial charge in [-0.1, -0.05) is 32.8 Å². The van der Waals surface area contributed by atoms with Crippen molar-refractivity contribution in [3.8, 4) is 5.75 Å². The normalized spacial score (nSPS) is 15.8. The van der Waals surface area contributed by atoms with E-state index in [0.717, 1.165) is 44.6 Å². The Bertz CT molecular complexity index is 561. The van der Waals surface area contributed by atoms with Gasteiger partial charge in [-0.25, -0.2) is 4.79 Å². The van der Waals surface area contributed by atoms with Gasteiger partial charge in [0.05, 0.1) is 13.2 Å². The molecule has 2 rings (SSSR count). The molecule has 1 heterocycles. The number of benzene rings is 1. The summed E-state index contributed by atoms with van der Waals surface area (Å²) in [5.41, 5.74) is 0.671. The van der Waals surface area contributed by atoms with Gasteiger partial charge in [0.15, 0.2) is 0 Å². The van der Waals surface area contributed by atoms with Crippen LogP contribution in [0.2, 0.25) is 0 Å². The molecule has 1 atom stereocenters. The molecule has 1 fully saturated rings. The molecule has 1 unspecified atom stereocenters. The van der Waals surface area contributed by atoms with Crippen LogP contribution >= 0.6 is 0 Å². The summed E-state index contributed by atoms with van der Waals surface area (Å²) in [6.07, 6.45) is 6.03. The number of carbonyl (C=O) groups is 1. The third-order valence-corrected chi connectivity index (χ3v) is 4.68. The lowest BCUT2D eigenvalue weighted by atomic mass is 10.1. The second-order valence-corrected chi connectivity index (χ2v) is 7.32. The Balaban J connectivity index is 1.85. The molecule has 0 aliphatic carbocycles. The molecule has 1 aliphatic heterocycles. The van der Waals surface area contributed by atoms with Gasteiger partial charge < -0.3 is 14.2 Å². The summed E-state index contributed by atoms with van der Waals surface area (Å²) in [5, 5.41) is 2.82. The summed E-state index contributed by atoms with van der Waals surface area (Å²) in [5.74, 6) is 0.752. The third-order valence-electron chi connectivity index (χ3n) is 4.68. The summed E-state index contributed by atoms with van der Waals surface area (Å²) in [4.78, 5) is 14.8. The lowest BCUT2D eigenvalue weighted by Crippen LogP contribution is -2.41. The fraction of sp³-hybridized carbons (Fsp3) is 0.682. The second kappa shape index (κ2) is 13.4. The van der Waals surface area contributed by atoms with Crippen LogP contribution in [0.25, 0.3) is 0 Å². The van der Waals surface area contributed by atoms with Crippen LogP contribution in [-0.4, -0.2) is 56.6 Å². The monoisotopic (exact) mass is 392 g/mol. The van der Waals surface area contributed by atoms with E-state index < -0.39 is 6.09 Å². The zero-order valence-corrected chi connectivity index (χ0v) is 17.5. The first-order valence-corrected chi connectivity index (χ1v) is 10.7. The number of carbonyl (C=O) groups excluding carboxylic acids is 1. The summed E-state index contributed by atoms with van der Waals surface area (Å²) in [6, 6.07) is 7.42. The van der Waals surface area contributed by atoms with Crippen LogP contribution in [0.4, 0.5) is 10.5 Å². The SMILES string of the molecule is CCCCOc1cccc(NC(=O)OC(COCCC)CN2CCCCC2)c1. The molecule has 0 bridgehead atoms. The van der Waals surface area contributed by atoms with E-state index in [1.165, 1.54) is 19.3 Å². The number of amides is 1. The summed E-state index contributed by atoms with van der Waals surface area (Å²) >= 11 is 0. The fourth-order valence-electron chi connectivity index (χ4n) is 3.21. The van der Waals surface area contributed by atoms with Gasteiger partial charge >= 0.3 is 6.09 Å². The van der Waals surface area contributed by atoms with Crippen molar-refractivity contribution in [1.29, 1.82) is 0 Å². The smallest absolute Gasteiger partial charge is 0.412 e. The Morgan fingerprint density at radius 2 is 1.96 bits per heavy atom. The van der Waals surface area contributed by atoms with Gasteiger partial charge in [0.25, 0.3) is 0 Å². The van der Waals surface area contributed by atoms with Crippen molar-refractivity contribution in [3.63, 3.8) is 0 Å². The number of nitrogens with one attached hydrogen (secondary N) is 1. The number of ether oxygens (including phenoxy) is 3. The maximum absolute atomic E-state index is 12.4. The van der Waals surface area contributed by atoms with E-state index in [9.17, 15) is 4.79 Å². The number of piperidine rings is 1. The van der Waals surface area contributed by atoms with Crippen LogP contribution < -0.4 is 10.1 Å². The topological polar surface area (TPSA) is 60.0 Å². The molecular weight excluding hydrogens is 356 g/mol. The van der Waals surface area contributed by atoms with Crippen LogP contribution in [0.15, 0.2) is 24.3 Å². The van der Waals surface area contributed by atoms with Gasteiger partial charge in [-0.3, -0.25) is 10.2 Å². The Morgan fingerprint density at radius 3 is 2.71 bits per heavy atom. The highest BCUT2D eigenvalue weighted by Gasteiger charge is 2.20. The third kappa shape index (κ3) is 8.93. The molecule has 6 nitrogen and oxygen atoms in total. The van der Waals surface area contributed by atoms with Crippen molar-refractivity contribution in [2.75, 3.05) is 44.8 Å². The maximum atomic E-state index is 12.4. The van der Waals surface area contributed by atoms with Gasteiger partial charge in [0.2, 0.25) is 0 Å². The number of likely N-dealkylation sites (tertiary alicyclic amines) is 1. The summed E-state index contributed by atoms with van der Waals surface area (Å²) < 4.78 is 17.0. The molecule has 0 spiro atoms. The lowest BCUT2D eigenvalue weighted by Gasteiger charge is -2.30. The first-order chi connectivity index (χ1) is 13.7. The molecule has 1 N–H and O–H groups in total. The van der Waals surface area contributed by atoms with E-state index in [0.29, 0.717) is 25.5 Å². The maximum Gasteiger partial charge on any atom is 0.412 e. The van der Waals surface area contributed by atoms with Crippen LogP contribution in [0.5, 0.6) is 5.75 Å². The van der Waals surface area contributed by atoms with Crippen LogP contribution in [-0.2, 0) is 9.47 Å². The van der Waals surface area contributed by atoms with E-state index in [1.807, 2.05) is 24.3 Å². The minimum absolute atomic E-state index is 0.270. The Morgan fingerprint density at radius 1 is 1.14 bits per heavy atom. The largest absolute Gasteiger partial charge is 0.494 e. The van der Waals surface area contributed by atoms with Gasteiger partial charge in [-0.15, -0.1) is 0 Å². The molecule has 1 aromatic carbocycles. The minimum Gasteiger partial charge on any atom is -0.494 e. The fourth-order valence-corrected chi connectivity index (χ4v) is 3.21. The van der Waals surface area contributed by atoms with Gasteiger partial charge in [-0.05, 0) is 50.9 Å². The van der Waals surface area contributed by atoms with Gasteiger partial charge in [0, 0.05) is 24.9 Å². The van der Waals surface area contributed by atoms with Crippen molar-refractivity contribution >= 4 is 11.8 Å². The predicted octanol–water partition coefficient (Wildman–Crippen LogP) is 4.70. The average Bonchev–Trinajstić information content (AvgIpc) is 2.69. The lowest BCUT2D eigenvalue weighted by molar-refractivity contribution is 0.00489. The molecule has 6 heteroatoms. The van der Waals surface area contributed by atoms with Crippen molar-refractivity contribution in [2.24, 2.45) is 0 Å². The van der Waals surface area contributed by atoms with Crippen LogP contribution in [0.1, 0.15) is 52.4 Å². The summed E-state index contributed by atoms with van der Waals surface area (Å²) in [6.45, 7) is 8.83. The number of unbranched alkanes of at least 4 members (excludes halogenated alkanes) is 1. The molecular formula is C22H36N2O4. The minimum atomic E-state index is -0.451. The molecule has 1 saturated heterocycles. The standard InChI is InChI=1S/C22H36N2O4/c1-3-5-15-27-20-11-9-10-19(16-20)23-22(25)28-21(18-26-14-4-2)17-24-12-7-6-8-13-24/h9-11,16,21H,3-8,12-15,17-18H2,1-2H3,(H,23,25). The first-order valence-electron chi connectivity index (χ1n) is 10.7. The predicted molar refractivity (Wildman–Crippen MR) is 112 cm³/mol. The van der Waals surface area contributed by atoms with Crippen molar-refractivity contribution < 1.29 is 19.0 Å². The molecule has 158 valence electrons. The molecule has 0 radical (unpaired) electrons. The number of nitrogens with zero attached hydrogens (tertiary/aromatic N) is 1. The van der Waals surface area contributed by atoms with E-state index >= 15 is 0 Å². The zero-order valence-electron chi connectivity index (χ0n) is 17.5. The molecule has 1 amide bonds. The molecule has 28 heavy (non-hydrogen) atoms. The number of anilines is 1. The average molecular weight is 393 g/mol. The van der Waals surface area contributed by atoms with Crippen molar-refractivity contribution in [2.45, 2.75) is 58.5 Å². The number of rotatable bonds is 12. The first kappa shape index (κ1) is 22.5. The van der Waals surface area contributed by atoms with E-state index in [-0.39, 0.29) is 6.10 Å². The Hall–Kier alpha value is -1.79. The van der Waals surface area contributed by atoms with Gasteiger partial charge in [0.1, 0.15) is 11.9 Å². The van der Waals surface area contributed by atoms with Gasteiger partial charge in [-0.2, -0.15) is 0 Å². The van der Waals surface area contributed by atoms with E-state index in [4.69, 9.17) is 14.2 Å². The highest BCUT2D eigenvalue weighted by molar-refractivity contribution is 5.85. The van der Waals surface area contributed by atoms with Crippen LogP contribution in [0.3, 0.4) is 0 Å². The quantitative estimate of drug-likeness (QED) is 0.523. The second-order valence-electron chi connectivity index (χ2n) is 7.32. The number of hydrogen-bond donors (Lipinski definition) is 1. The Labute approximate surface area is 169 Å². The highest BCUT2D eigenvalue weighted by atomic mass is 16.6. The molecule has 1 aromatic rings. The van der Waals surface area contributed by atoms with Crippen molar-refractivity contribution in [3.05, 3.63) is 24.3 Å². The Kier molecular flexibility index (Phi) is 10.8. The summed E-state index contributed by atoms with van der Waals surface area (Å²) in [7, 11) is 0. The number of hydrogen-bond acceptors (Lipinski definition) is 5. The molecule has 1 aliphatic rings. The van der Waals surface area contributed by atoms with Crippen LogP contribution in [0, 0.1) is 0 Å². The molecule has 0 saturated carbocycles. The van der Waals surface area contributed by atoms with E-state index in [2.05, 4.69) is 24.1 Å². The van der Waals surface area contributed by atoms with Crippen molar-refractivity contribution in [1.82, 2.24) is 4.90 Å². The molecule has 0 aromatic heterocycles. The zero-order chi connectivity index (χ0) is 20.0. The van der Waals surface area contributed by atoms with E-state index in [1.54, 1.807) is 0 Å².